The number of aromatic nitrogens is 4. The number of imidazole rings is 1. The molecule has 0 unspecified atom stereocenters. The third kappa shape index (κ3) is 3.30. The first-order valence-corrected chi connectivity index (χ1v) is 8.78. The Labute approximate surface area is 152 Å². The van der Waals surface area contributed by atoms with Gasteiger partial charge in [-0.25, -0.2) is 15.0 Å². The molecule has 1 aromatic carbocycles. The lowest BCUT2D eigenvalue weighted by atomic mass is 10.1. The summed E-state index contributed by atoms with van der Waals surface area (Å²) in [5, 5.41) is 0.725. The molecule has 0 spiro atoms. The summed E-state index contributed by atoms with van der Waals surface area (Å²) in [4.78, 5) is 16.1. The van der Waals surface area contributed by atoms with Crippen LogP contribution >= 0.6 is 11.6 Å². The first-order chi connectivity index (χ1) is 12.1. The normalized spacial score (nSPS) is 14.5. The van der Waals surface area contributed by atoms with E-state index in [-0.39, 0.29) is 0 Å². The fraction of sp³-hybridized carbons (Fsp3) is 0.316. The highest BCUT2D eigenvalue weighted by molar-refractivity contribution is 6.30. The van der Waals surface area contributed by atoms with Gasteiger partial charge >= 0.3 is 0 Å². The highest BCUT2D eigenvalue weighted by Gasteiger charge is 2.20. The van der Waals surface area contributed by atoms with Crippen molar-refractivity contribution in [2.24, 2.45) is 7.05 Å². The van der Waals surface area contributed by atoms with E-state index in [1.807, 2.05) is 43.6 Å². The molecule has 2 aromatic heterocycles. The number of hydrogen-bond acceptors (Lipinski definition) is 4. The molecule has 0 fully saturated rings. The highest BCUT2D eigenvalue weighted by atomic mass is 35.5. The molecule has 6 heteroatoms. The molecule has 0 saturated heterocycles. The topological polar surface area (TPSA) is 46.8 Å². The van der Waals surface area contributed by atoms with Crippen LogP contribution in [-0.4, -0.2) is 31.0 Å². The zero-order valence-electron chi connectivity index (χ0n) is 14.4. The van der Waals surface area contributed by atoms with Crippen molar-refractivity contribution < 1.29 is 0 Å². The van der Waals surface area contributed by atoms with Crippen LogP contribution in [0.3, 0.4) is 0 Å². The quantitative estimate of drug-likeness (QED) is 0.724. The molecule has 5 nitrogen and oxygen atoms in total. The second-order valence-electron chi connectivity index (χ2n) is 6.49. The lowest BCUT2D eigenvalue weighted by Crippen LogP contribution is -2.31. The molecule has 128 valence electrons. The van der Waals surface area contributed by atoms with E-state index in [1.165, 1.54) is 11.3 Å². The Bertz CT molecular complexity index is 901. The van der Waals surface area contributed by atoms with Crippen molar-refractivity contribution in [3.05, 3.63) is 64.5 Å². The van der Waals surface area contributed by atoms with Crippen molar-refractivity contribution in [2.75, 3.05) is 6.54 Å². The predicted molar refractivity (Wildman–Crippen MR) is 98.2 cm³/mol. The third-order valence-electron chi connectivity index (χ3n) is 4.82. The zero-order chi connectivity index (χ0) is 17.4. The van der Waals surface area contributed by atoms with Gasteiger partial charge in [0.25, 0.3) is 0 Å². The Morgan fingerprint density at radius 1 is 1.12 bits per heavy atom. The molecule has 0 radical (unpaired) electrons. The average Bonchev–Trinajstić information content (AvgIpc) is 2.94. The third-order valence-corrected chi connectivity index (χ3v) is 5.07. The Morgan fingerprint density at radius 2 is 1.92 bits per heavy atom. The molecule has 0 bridgehead atoms. The highest BCUT2D eigenvalue weighted by Crippen LogP contribution is 2.23. The number of hydrogen-bond donors (Lipinski definition) is 0. The summed E-state index contributed by atoms with van der Waals surface area (Å²) >= 11 is 5.96. The molecule has 0 saturated carbocycles. The van der Waals surface area contributed by atoms with Crippen molar-refractivity contribution in [2.45, 2.75) is 26.4 Å². The van der Waals surface area contributed by atoms with Crippen LogP contribution in [0.1, 0.15) is 22.8 Å². The minimum atomic E-state index is 0.725. The van der Waals surface area contributed by atoms with Gasteiger partial charge in [0.2, 0.25) is 0 Å². The van der Waals surface area contributed by atoms with Crippen LogP contribution in [0.2, 0.25) is 5.02 Å². The first kappa shape index (κ1) is 16.2. The van der Waals surface area contributed by atoms with Crippen molar-refractivity contribution in [3.63, 3.8) is 0 Å². The van der Waals surface area contributed by atoms with Gasteiger partial charge in [-0.3, -0.25) is 4.90 Å². The van der Waals surface area contributed by atoms with Crippen molar-refractivity contribution in [3.8, 4) is 11.4 Å². The van der Waals surface area contributed by atoms with E-state index >= 15 is 0 Å². The lowest BCUT2D eigenvalue weighted by Gasteiger charge is -2.28. The van der Waals surface area contributed by atoms with E-state index in [0.29, 0.717) is 0 Å². The number of halogens is 1. The van der Waals surface area contributed by atoms with Gasteiger partial charge in [0.15, 0.2) is 5.82 Å². The summed E-state index contributed by atoms with van der Waals surface area (Å²) in [5.41, 5.74) is 4.60. The molecular weight excluding hydrogens is 334 g/mol. The van der Waals surface area contributed by atoms with Crippen molar-refractivity contribution in [1.29, 1.82) is 0 Å². The fourth-order valence-electron chi connectivity index (χ4n) is 3.17. The second-order valence-corrected chi connectivity index (χ2v) is 6.93. The van der Waals surface area contributed by atoms with Gasteiger partial charge in [-0.05, 0) is 31.2 Å². The van der Waals surface area contributed by atoms with E-state index in [9.17, 15) is 0 Å². The molecule has 0 amide bonds. The van der Waals surface area contributed by atoms with E-state index in [1.54, 1.807) is 0 Å². The van der Waals surface area contributed by atoms with Crippen LogP contribution in [0.5, 0.6) is 0 Å². The monoisotopic (exact) mass is 353 g/mol. The van der Waals surface area contributed by atoms with Gasteiger partial charge in [0, 0.05) is 61.6 Å². The number of fused-ring (bicyclic) bond motifs is 1. The van der Waals surface area contributed by atoms with Crippen LogP contribution in [0, 0.1) is 6.92 Å². The first-order valence-electron chi connectivity index (χ1n) is 8.40. The molecule has 0 N–H and O–H groups in total. The number of aryl methyl sites for hydroxylation is 1. The van der Waals surface area contributed by atoms with E-state index in [4.69, 9.17) is 16.6 Å². The summed E-state index contributed by atoms with van der Waals surface area (Å²) in [5.74, 6) is 1.81. The smallest absolute Gasteiger partial charge is 0.159 e. The number of benzene rings is 1. The minimum Gasteiger partial charge on any atom is -0.334 e. The molecule has 3 heterocycles. The van der Waals surface area contributed by atoms with Gasteiger partial charge in [-0.1, -0.05) is 11.6 Å². The van der Waals surface area contributed by atoms with Gasteiger partial charge in [-0.15, -0.1) is 0 Å². The summed E-state index contributed by atoms with van der Waals surface area (Å²) in [7, 11) is 2.07. The van der Waals surface area contributed by atoms with E-state index in [2.05, 4.69) is 26.5 Å². The molecular formula is C19H20ClN5. The standard InChI is InChI=1S/C19H20ClN5/c1-13-21-10-17(24(13)2)12-25-8-7-18-15(11-25)9-22-19(23-18)14-3-5-16(20)6-4-14/h3-6,9-10H,7-8,11-12H2,1-2H3. The Kier molecular flexibility index (Phi) is 4.27. The predicted octanol–water partition coefficient (Wildman–Crippen LogP) is 3.40. The van der Waals surface area contributed by atoms with E-state index < -0.39 is 0 Å². The molecule has 4 rings (SSSR count). The van der Waals surface area contributed by atoms with Crippen LogP contribution < -0.4 is 0 Å². The average molecular weight is 354 g/mol. The number of rotatable bonds is 3. The maximum Gasteiger partial charge on any atom is 0.159 e. The molecule has 0 atom stereocenters. The minimum absolute atomic E-state index is 0.725. The van der Waals surface area contributed by atoms with Gasteiger partial charge in [-0.2, -0.15) is 0 Å². The van der Waals surface area contributed by atoms with Crippen molar-refractivity contribution >= 4 is 11.6 Å². The molecule has 0 aliphatic carbocycles. The molecule has 25 heavy (non-hydrogen) atoms. The van der Waals surface area contributed by atoms with Crippen LogP contribution in [0.4, 0.5) is 0 Å². The van der Waals surface area contributed by atoms with Crippen molar-refractivity contribution in [1.82, 2.24) is 24.4 Å². The van der Waals surface area contributed by atoms with Gasteiger partial charge in [0.1, 0.15) is 5.82 Å². The fourth-order valence-corrected chi connectivity index (χ4v) is 3.30. The Balaban J connectivity index is 1.52. The van der Waals surface area contributed by atoms with Crippen LogP contribution in [0.15, 0.2) is 36.7 Å². The van der Waals surface area contributed by atoms with Gasteiger partial charge < -0.3 is 4.57 Å². The van der Waals surface area contributed by atoms with E-state index in [0.717, 1.165) is 54.0 Å². The summed E-state index contributed by atoms with van der Waals surface area (Å²) in [6.45, 7) is 4.80. The molecule has 1 aliphatic rings. The lowest BCUT2D eigenvalue weighted by molar-refractivity contribution is 0.237. The molecule has 3 aromatic rings. The maximum atomic E-state index is 5.96. The van der Waals surface area contributed by atoms with Gasteiger partial charge in [0.05, 0.1) is 11.4 Å². The zero-order valence-corrected chi connectivity index (χ0v) is 15.2. The van der Waals surface area contributed by atoms with Crippen LogP contribution in [0.25, 0.3) is 11.4 Å². The maximum absolute atomic E-state index is 5.96. The summed E-state index contributed by atoms with van der Waals surface area (Å²) in [6, 6.07) is 7.67. The largest absolute Gasteiger partial charge is 0.334 e. The summed E-state index contributed by atoms with van der Waals surface area (Å²) < 4.78 is 2.15. The Hall–Kier alpha value is -2.24. The number of nitrogens with zero attached hydrogens (tertiary/aromatic N) is 5. The SMILES string of the molecule is Cc1ncc(CN2CCc3nc(-c4ccc(Cl)cc4)ncc3C2)n1C. The second kappa shape index (κ2) is 6.58. The Morgan fingerprint density at radius 3 is 2.64 bits per heavy atom. The molecule has 1 aliphatic heterocycles. The summed E-state index contributed by atoms with van der Waals surface area (Å²) in [6.07, 6.45) is 4.87. The van der Waals surface area contributed by atoms with Crippen LogP contribution in [-0.2, 0) is 26.6 Å².